The van der Waals surface area contributed by atoms with Crippen LogP contribution in [0.5, 0.6) is 0 Å². The van der Waals surface area contributed by atoms with Crippen LogP contribution in [0.2, 0.25) is 0 Å². The quantitative estimate of drug-likeness (QED) is 0.539. The highest BCUT2D eigenvalue weighted by Gasteiger charge is 2.57. The Morgan fingerprint density at radius 3 is 2.31 bits per heavy atom. The summed E-state index contributed by atoms with van der Waals surface area (Å²) < 4.78 is 107. The average molecular weight is 521 g/mol. The largest absolute Gasteiger partial charge is 0.426 e. The second-order valence-corrected chi connectivity index (χ2v) is 9.61. The van der Waals surface area contributed by atoms with Gasteiger partial charge in [-0.15, -0.1) is 0 Å². The van der Waals surface area contributed by atoms with Gasteiger partial charge in [0.05, 0.1) is 0 Å². The van der Waals surface area contributed by atoms with Crippen molar-refractivity contribution in [1.82, 2.24) is 4.90 Å². The van der Waals surface area contributed by atoms with Crippen molar-refractivity contribution >= 4 is 5.91 Å². The zero-order chi connectivity index (χ0) is 26.7. The molecule has 2 aromatic carbocycles. The Balaban J connectivity index is 1.79. The molecule has 0 radical (unpaired) electrons. The first-order chi connectivity index (χ1) is 16.6. The first-order valence-corrected chi connectivity index (χ1v) is 11.3. The second-order valence-electron chi connectivity index (χ2n) is 9.61. The Bertz CT molecular complexity index is 1140. The topological polar surface area (TPSA) is 40.5 Å². The number of halogens is 8. The van der Waals surface area contributed by atoms with Gasteiger partial charge in [0, 0.05) is 18.0 Å². The zero-order valence-corrected chi connectivity index (χ0v) is 19.1. The summed E-state index contributed by atoms with van der Waals surface area (Å²) in [6.45, 7) is 0.297. The Kier molecular flexibility index (Phi) is 6.38. The van der Waals surface area contributed by atoms with Crippen LogP contribution in [0.25, 0.3) is 0 Å². The third-order valence-electron chi connectivity index (χ3n) is 7.48. The number of nitrogens with zero attached hydrogens (tertiary/aromatic N) is 1. The molecule has 0 bridgehead atoms. The maximum absolute atomic E-state index is 14.7. The molecule has 36 heavy (non-hydrogen) atoms. The molecule has 1 aliphatic heterocycles. The summed E-state index contributed by atoms with van der Waals surface area (Å²) in [5, 5.41) is 9.60. The Morgan fingerprint density at radius 1 is 1.08 bits per heavy atom. The fourth-order valence-electron chi connectivity index (χ4n) is 5.55. The predicted octanol–water partition coefficient (Wildman–Crippen LogP) is 5.52. The SMILES string of the molecule is CC(F)(c1ccc2c(c1)CC[C@H]1N(C(=O)[C@@H](O)C(F)(F)F)CC[C@@]21Cc1ccc(F)cc1)C(F)(F)F. The number of likely N-dealkylation sites (tertiary alicyclic amines) is 1. The van der Waals surface area contributed by atoms with Gasteiger partial charge >= 0.3 is 12.4 Å². The number of aliphatic hydroxyl groups excluding tert-OH is 1. The first-order valence-electron chi connectivity index (χ1n) is 11.3. The molecule has 4 atom stereocenters. The lowest BCUT2D eigenvalue weighted by atomic mass is 9.63. The summed E-state index contributed by atoms with van der Waals surface area (Å²) in [5.41, 5.74) is -3.71. The van der Waals surface area contributed by atoms with Crippen LogP contribution in [0.15, 0.2) is 42.5 Å². The van der Waals surface area contributed by atoms with Gasteiger partial charge in [0.1, 0.15) is 5.82 Å². The summed E-state index contributed by atoms with van der Waals surface area (Å²) in [6, 6.07) is 8.06. The van der Waals surface area contributed by atoms with Gasteiger partial charge in [0.25, 0.3) is 5.91 Å². The van der Waals surface area contributed by atoms with Crippen molar-refractivity contribution < 1.29 is 45.0 Å². The van der Waals surface area contributed by atoms with Crippen molar-refractivity contribution in [3.8, 4) is 0 Å². The van der Waals surface area contributed by atoms with Crippen LogP contribution in [-0.4, -0.2) is 47.0 Å². The third-order valence-corrected chi connectivity index (χ3v) is 7.48. The number of aliphatic hydroxyl groups is 1. The minimum atomic E-state index is -5.16. The molecule has 11 heteroatoms. The van der Waals surface area contributed by atoms with E-state index < -0.39 is 52.9 Å². The minimum absolute atomic E-state index is 0.0961. The maximum atomic E-state index is 14.7. The van der Waals surface area contributed by atoms with Gasteiger partial charge in [-0.05, 0) is 67.0 Å². The molecule has 0 aromatic heterocycles. The Morgan fingerprint density at radius 2 is 1.72 bits per heavy atom. The number of rotatable bonds is 4. The molecule has 1 unspecified atom stereocenters. The minimum Gasteiger partial charge on any atom is -0.376 e. The van der Waals surface area contributed by atoms with Crippen LogP contribution in [0, 0.1) is 5.82 Å². The fourth-order valence-corrected chi connectivity index (χ4v) is 5.55. The van der Waals surface area contributed by atoms with Gasteiger partial charge in [0.15, 0.2) is 0 Å². The van der Waals surface area contributed by atoms with Crippen LogP contribution in [0.3, 0.4) is 0 Å². The van der Waals surface area contributed by atoms with E-state index >= 15 is 0 Å². The molecule has 4 rings (SSSR count). The number of fused-ring (bicyclic) bond motifs is 3. The van der Waals surface area contributed by atoms with Gasteiger partial charge in [-0.3, -0.25) is 4.79 Å². The molecule has 2 aromatic rings. The van der Waals surface area contributed by atoms with E-state index in [4.69, 9.17) is 0 Å². The van der Waals surface area contributed by atoms with Crippen molar-refractivity contribution in [3.63, 3.8) is 0 Å². The summed E-state index contributed by atoms with van der Waals surface area (Å²) in [4.78, 5) is 13.6. The smallest absolute Gasteiger partial charge is 0.376 e. The molecule has 1 amide bonds. The van der Waals surface area contributed by atoms with Crippen molar-refractivity contribution in [3.05, 3.63) is 70.5 Å². The van der Waals surface area contributed by atoms with E-state index in [1.807, 2.05) is 0 Å². The summed E-state index contributed by atoms with van der Waals surface area (Å²) >= 11 is 0. The summed E-state index contributed by atoms with van der Waals surface area (Å²) in [5.74, 6) is -2.01. The molecular formula is C25H23F8NO2. The number of alkyl halides is 7. The van der Waals surface area contributed by atoms with Crippen LogP contribution in [0.4, 0.5) is 35.1 Å². The maximum Gasteiger partial charge on any atom is 0.426 e. The fraction of sp³-hybridized carbons (Fsp3) is 0.480. The number of aryl methyl sites for hydroxylation is 1. The first kappa shape index (κ1) is 26.4. The molecule has 2 aliphatic rings. The Hall–Kier alpha value is -2.69. The lowest BCUT2D eigenvalue weighted by molar-refractivity contribution is -0.228. The Labute approximate surface area is 201 Å². The molecular weight excluding hydrogens is 498 g/mol. The summed E-state index contributed by atoms with van der Waals surface area (Å²) in [6.07, 6.45) is -13.0. The summed E-state index contributed by atoms with van der Waals surface area (Å²) in [7, 11) is 0. The molecule has 196 valence electrons. The molecule has 0 saturated carbocycles. The number of carbonyl (C=O) groups is 1. The van der Waals surface area contributed by atoms with Gasteiger partial charge in [-0.1, -0.05) is 30.3 Å². The van der Waals surface area contributed by atoms with E-state index in [2.05, 4.69) is 0 Å². The zero-order valence-electron chi connectivity index (χ0n) is 19.1. The van der Waals surface area contributed by atoms with E-state index in [0.717, 1.165) is 17.0 Å². The van der Waals surface area contributed by atoms with E-state index in [0.29, 0.717) is 23.6 Å². The van der Waals surface area contributed by atoms with E-state index in [9.17, 15) is 45.0 Å². The van der Waals surface area contributed by atoms with Crippen LogP contribution >= 0.6 is 0 Å². The highest BCUT2D eigenvalue weighted by molar-refractivity contribution is 5.82. The van der Waals surface area contributed by atoms with Crippen LogP contribution < -0.4 is 0 Å². The molecule has 1 heterocycles. The van der Waals surface area contributed by atoms with Crippen molar-refractivity contribution in [2.24, 2.45) is 0 Å². The molecule has 1 saturated heterocycles. The molecule has 1 N–H and O–H groups in total. The number of amides is 1. The van der Waals surface area contributed by atoms with E-state index in [1.54, 1.807) is 0 Å². The van der Waals surface area contributed by atoms with Gasteiger partial charge in [-0.2, -0.15) is 26.3 Å². The highest BCUT2D eigenvalue weighted by Crippen LogP contribution is 2.51. The van der Waals surface area contributed by atoms with Gasteiger partial charge in [-0.25, -0.2) is 8.78 Å². The number of hydrogen-bond acceptors (Lipinski definition) is 2. The van der Waals surface area contributed by atoms with E-state index in [-0.39, 0.29) is 32.2 Å². The van der Waals surface area contributed by atoms with Gasteiger partial charge < -0.3 is 10.0 Å². The van der Waals surface area contributed by atoms with Gasteiger partial charge in [0.2, 0.25) is 11.8 Å². The number of carbonyl (C=O) groups excluding carboxylic acids is 1. The standard InChI is InChI=1S/C25H23F8NO2/c1-22(27,25(31,32)33)16-5-8-18-15(12-16)4-9-19-23(18,13-14-2-6-17(26)7-3-14)10-11-34(19)21(36)20(35)24(28,29)30/h2-3,5-8,12,19-20,35H,4,9-11,13H2,1H3/t19-,20-,22?,23-/m1/s1. The van der Waals surface area contributed by atoms with Crippen LogP contribution in [-0.2, 0) is 28.7 Å². The van der Waals surface area contributed by atoms with Crippen LogP contribution in [0.1, 0.15) is 42.0 Å². The molecule has 1 fully saturated rings. The third kappa shape index (κ3) is 4.35. The number of hydrogen-bond donors (Lipinski definition) is 1. The van der Waals surface area contributed by atoms with Crippen molar-refractivity contribution in [2.45, 2.75) is 68.2 Å². The van der Waals surface area contributed by atoms with Crippen molar-refractivity contribution in [2.75, 3.05) is 6.54 Å². The predicted molar refractivity (Wildman–Crippen MR) is 113 cm³/mol. The molecule has 0 spiro atoms. The van der Waals surface area contributed by atoms with E-state index in [1.165, 1.54) is 30.3 Å². The highest BCUT2D eigenvalue weighted by atomic mass is 19.4. The molecule has 3 nitrogen and oxygen atoms in total. The molecule has 1 aliphatic carbocycles. The number of benzene rings is 2. The lowest BCUT2D eigenvalue weighted by Gasteiger charge is -2.44. The average Bonchev–Trinajstić information content (AvgIpc) is 3.17. The lowest BCUT2D eigenvalue weighted by Crippen LogP contribution is -2.53. The normalized spacial score (nSPS) is 24.6. The van der Waals surface area contributed by atoms with Crippen molar-refractivity contribution in [1.29, 1.82) is 0 Å². The second kappa shape index (κ2) is 8.71. The monoisotopic (exact) mass is 521 g/mol.